The zero-order valence-electron chi connectivity index (χ0n) is 21.6. The van der Waals surface area contributed by atoms with Gasteiger partial charge in [-0.25, -0.2) is 0 Å². The molecule has 2 saturated heterocycles. The van der Waals surface area contributed by atoms with Crippen LogP contribution in [0.5, 0.6) is 5.75 Å². The molecule has 11 atom stereocenters. The first-order valence-corrected chi connectivity index (χ1v) is 12.6. The number of nitrogens with one attached hydrogen (secondary N) is 1. The number of carbonyl (C=O) groups is 1. The van der Waals surface area contributed by atoms with Gasteiger partial charge in [0.1, 0.15) is 48.8 Å². The molecule has 2 aliphatic heterocycles. The number of nitrogens with two attached hydrogens (primary N) is 1. The Morgan fingerprint density at radius 2 is 1.63 bits per heavy atom. The van der Waals surface area contributed by atoms with Gasteiger partial charge in [0.25, 0.3) is 0 Å². The van der Waals surface area contributed by atoms with Crippen molar-refractivity contribution in [3.05, 3.63) is 33.9 Å². The van der Waals surface area contributed by atoms with Crippen LogP contribution in [-0.2, 0) is 30.2 Å². The van der Waals surface area contributed by atoms with Gasteiger partial charge in [-0.15, -0.1) is 0 Å². The number of ether oxygens (including phenoxy) is 4. The lowest BCUT2D eigenvalue weighted by atomic mass is 9.97. The summed E-state index contributed by atoms with van der Waals surface area (Å²) in [6, 6.07) is 2.51. The van der Waals surface area contributed by atoms with Gasteiger partial charge in [-0.2, -0.15) is 0 Å². The normalized spacial score (nSPS) is 34.6. The molecule has 1 aromatic carbocycles. The zero-order chi connectivity index (χ0) is 30.4. The standard InChI is InChI=1S/C23H35N3O15/c24-10(5-9-1-2-12(29)11(6-9)26(36)37)21(35)25-3-4-38-22-19(34)17(32)20(14(8-28)40-22)41-23-18(33)16(31)15(30)13(7-27)39-23/h1-2,6,10,13-20,22-23,27-34H,3-5,7-8,24H2,(H,25,35)/t10-,13?,14?,15?,16?,17?,18?,19?,20?,22?,23?/m0/s1. The summed E-state index contributed by atoms with van der Waals surface area (Å²) >= 11 is 0. The molecule has 41 heavy (non-hydrogen) atoms. The number of aromatic hydroxyl groups is 1. The minimum atomic E-state index is -1.80. The predicted molar refractivity (Wildman–Crippen MR) is 132 cm³/mol. The highest BCUT2D eigenvalue weighted by molar-refractivity contribution is 5.81. The van der Waals surface area contributed by atoms with Crippen LogP contribution in [0.2, 0.25) is 0 Å². The van der Waals surface area contributed by atoms with Crippen LogP contribution in [0.15, 0.2) is 18.2 Å². The van der Waals surface area contributed by atoms with Gasteiger partial charge in [-0.1, -0.05) is 6.07 Å². The summed E-state index contributed by atoms with van der Waals surface area (Å²) in [4.78, 5) is 22.5. The molecule has 0 spiro atoms. The van der Waals surface area contributed by atoms with Crippen molar-refractivity contribution >= 4 is 11.6 Å². The maximum absolute atomic E-state index is 12.3. The maximum Gasteiger partial charge on any atom is 0.310 e. The third kappa shape index (κ3) is 7.83. The van der Waals surface area contributed by atoms with Gasteiger partial charge in [0.05, 0.1) is 30.8 Å². The van der Waals surface area contributed by atoms with Crippen LogP contribution in [0.25, 0.3) is 0 Å². The molecule has 232 valence electrons. The monoisotopic (exact) mass is 593 g/mol. The van der Waals surface area contributed by atoms with Gasteiger partial charge >= 0.3 is 5.69 Å². The Morgan fingerprint density at radius 3 is 2.27 bits per heavy atom. The van der Waals surface area contributed by atoms with E-state index in [9.17, 15) is 55.8 Å². The van der Waals surface area contributed by atoms with Crippen LogP contribution in [-0.4, -0.2) is 146 Å². The Labute approximate surface area is 232 Å². The molecule has 0 aliphatic carbocycles. The van der Waals surface area contributed by atoms with E-state index in [0.717, 1.165) is 12.1 Å². The first kappa shape index (κ1) is 32.9. The van der Waals surface area contributed by atoms with Crippen molar-refractivity contribution in [3.8, 4) is 5.75 Å². The van der Waals surface area contributed by atoms with E-state index in [4.69, 9.17) is 24.7 Å². The molecule has 0 bridgehead atoms. The lowest BCUT2D eigenvalue weighted by molar-refractivity contribution is -0.385. The largest absolute Gasteiger partial charge is 0.502 e. The Morgan fingerprint density at radius 1 is 1.00 bits per heavy atom. The number of nitro benzene ring substituents is 1. The Bertz CT molecular complexity index is 1030. The van der Waals surface area contributed by atoms with Crippen LogP contribution >= 0.6 is 0 Å². The second-order valence-electron chi connectivity index (χ2n) is 9.56. The van der Waals surface area contributed by atoms with E-state index in [2.05, 4.69) is 5.32 Å². The number of aliphatic hydroxyl groups is 7. The minimum Gasteiger partial charge on any atom is -0.502 e. The molecule has 10 unspecified atom stereocenters. The molecule has 11 N–H and O–H groups in total. The fourth-order valence-corrected chi connectivity index (χ4v) is 4.36. The fourth-order valence-electron chi connectivity index (χ4n) is 4.36. The summed E-state index contributed by atoms with van der Waals surface area (Å²) in [5, 5.41) is 93.1. The van der Waals surface area contributed by atoms with E-state index in [1.807, 2.05) is 0 Å². The molecule has 18 nitrogen and oxygen atoms in total. The van der Waals surface area contributed by atoms with Gasteiger partial charge in [0.2, 0.25) is 5.91 Å². The lowest BCUT2D eigenvalue weighted by Gasteiger charge is -2.45. The number of amides is 1. The molecule has 3 rings (SSSR count). The number of phenols is 1. The third-order valence-corrected chi connectivity index (χ3v) is 6.67. The average Bonchev–Trinajstić information content (AvgIpc) is 2.95. The van der Waals surface area contributed by atoms with Crippen LogP contribution < -0.4 is 11.1 Å². The van der Waals surface area contributed by atoms with Crippen molar-refractivity contribution in [2.24, 2.45) is 5.73 Å². The SMILES string of the molecule is N[C@@H](Cc1ccc(O)c([N+](=O)[O-])c1)C(=O)NCCOC1OC(CO)C(OC2OC(CO)C(O)C(O)C2O)C(O)C1O. The van der Waals surface area contributed by atoms with Crippen LogP contribution in [0.4, 0.5) is 5.69 Å². The number of nitro groups is 1. The predicted octanol–water partition coefficient (Wildman–Crippen LogP) is -5.07. The average molecular weight is 594 g/mol. The van der Waals surface area contributed by atoms with E-state index in [1.165, 1.54) is 6.07 Å². The summed E-state index contributed by atoms with van der Waals surface area (Å²) in [6.07, 6.45) is -16.0. The number of carbonyl (C=O) groups excluding carboxylic acids is 1. The molecule has 2 aliphatic rings. The fraction of sp³-hybridized carbons (Fsp3) is 0.696. The topological polar surface area (TPSA) is 297 Å². The summed E-state index contributed by atoms with van der Waals surface area (Å²) in [6.45, 7) is -1.84. The number of nitrogens with zero attached hydrogens (tertiary/aromatic N) is 1. The molecule has 1 aromatic rings. The quantitative estimate of drug-likeness (QED) is 0.0616. The van der Waals surface area contributed by atoms with E-state index in [0.29, 0.717) is 5.56 Å². The second kappa shape index (κ2) is 14.5. The van der Waals surface area contributed by atoms with Gasteiger partial charge in [0, 0.05) is 12.6 Å². The number of benzene rings is 1. The Kier molecular flexibility index (Phi) is 11.7. The molecular weight excluding hydrogens is 558 g/mol. The van der Waals surface area contributed by atoms with Crippen molar-refractivity contribution in [2.75, 3.05) is 26.4 Å². The third-order valence-electron chi connectivity index (χ3n) is 6.67. The summed E-state index contributed by atoms with van der Waals surface area (Å²) in [5.41, 5.74) is 5.67. The van der Waals surface area contributed by atoms with Gasteiger partial charge in [0.15, 0.2) is 18.3 Å². The molecule has 2 fully saturated rings. The van der Waals surface area contributed by atoms with Crippen molar-refractivity contribution in [1.29, 1.82) is 0 Å². The highest BCUT2D eigenvalue weighted by Crippen LogP contribution is 2.30. The summed E-state index contributed by atoms with van der Waals surface area (Å²) in [5.74, 6) is -1.16. The molecule has 0 radical (unpaired) electrons. The molecule has 1 amide bonds. The smallest absolute Gasteiger partial charge is 0.310 e. The second-order valence-corrected chi connectivity index (χ2v) is 9.56. The minimum absolute atomic E-state index is 0.0710. The van der Waals surface area contributed by atoms with E-state index in [-0.39, 0.29) is 19.6 Å². The van der Waals surface area contributed by atoms with E-state index in [1.54, 1.807) is 0 Å². The number of aliphatic hydroxyl groups excluding tert-OH is 7. The molecule has 18 heteroatoms. The Hall–Kier alpha value is -2.59. The number of phenolic OH excluding ortho intramolecular Hbond substituents is 1. The zero-order valence-corrected chi connectivity index (χ0v) is 21.6. The molecule has 2 heterocycles. The first-order chi connectivity index (χ1) is 19.4. The first-order valence-electron chi connectivity index (χ1n) is 12.6. The molecule has 0 aromatic heterocycles. The van der Waals surface area contributed by atoms with Crippen LogP contribution in [0.1, 0.15) is 5.56 Å². The lowest BCUT2D eigenvalue weighted by Crippen LogP contribution is -2.64. The maximum atomic E-state index is 12.3. The number of hydrogen-bond acceptors (Lipinski definition) is 16. The van der Waals surface area contributed by atoms with Crippen molar-refractivity contribution in [2.45, 2.75) is 73.9 Å². The summed E-state index contributed by atoms with van der Waals surface area (Å²) in [7, 11) is 0. The van der Waals surface area contributed by atoms with E-state index < -0.39 is 103 Å². The van der Waals surface area contributed by atoms with Gasteiger partial charge in [-0.3, -0.25) is 14.9 Å². The van der Waals surface area contributed by atoms with Gasteiger partial charge in [-0.05, 0) is 18.1 Å². The molecule has 0 saturated carbocycles. The van der Waals surface area contributed by atoms with Crippen LogP contribution in [0, 0.1) is 10.1 Å². The highest BCUT2D eigenvalue weighted by atomic mass is 16.7. The summed E-state index contributed by atoms with van der Waals surface area (Å²) < 4.78 is 21.5. The van der Waals surface area contributed by atoms with Crippen LogP contribution in [0.3, 0.4) is 0 Å². The Balaban J connectivity index is 1.49. The number of hydrogen-bond donors (Lipinski definition) is 10. The van der Waals surface area contributed by atoms with Crippen molar-refractivity contribution in [1.82, 2.24) is 5.32 Å². The number of rotatable bonds is 12. The van der Waals surface area contributed by atoms with Gasteiger partial charge < -0.3 is 70.9 Å². The van der Waals surface area contributed by atoms with Crippen molar-refractivity contribution < 1.29 is 69.5 Å². The highest BCUT2D eigenvalue weighted by Gasteiger charge is 2.50. The molecular formula is C23H35N3O15. The van der Waals surface area contributed by atoms with Crippen molar-refractivity contribution in [3.63, 3.8) is 0 Å². The van der Waals surface area contributed by atoms with E-state index >= 15 is 0 Å².